The van der Waals surface area contributed by atoms with Crippen molar-refractivity contribution in [2.24, 2.45) is 0 Å². The molecule has 0 aromatic heterocycles. The summed E-state index contributed by atoms with van der Waals surface area (Å²) in [5.41, 5.74) is 4.73. The largest absolute Gasteiger partial charge is 0.325 e. The second kappa shape index (κ2) is 8.60. The van der Waals surface area contributed by atoms with Gasteiger partial charge in [-0.15, -0.1) is 0 Å². The molecule has 0 spiro atoms. The number of nitrogens with zero attached hydrogens (tertiary/aromatic N) is 1. The summed E-state index contributed by atoms with van der Waals surface area (Å²) in [6, 6.07) is 17.3. The minimum absolute atomic E-state index is 0.00867. The number of para-hydroxylation sites is 1. The molecule has 0 heterocycles. The van der Waals surface area contributed by atoms with Crippen molar-refractivity contribution < 1.29 is 4.79 Å². The Labute approximate surface area is 163 Å². The van der Waals surface area contributed by atoms with Gasteiger partial charge in [0.25, 0.3) is 0 Å². The standard InChI is InChI=1S/C24H32N2O/c1-17(2)22-12-8-9-18(3)23(22)25-24(27)26(4)21-15-13-20(14-16-21)19-10-6-5-7-11-19/h5-12,17,20-21H,13-16H2,1-4H3,(H,25,27). The zero-order valence-electron chi connectivity index (χ0n) is 17.0. The van der Waals surface area contributed by atoms with Crippen molar-refractivity contribution in [2.75, 3.05) is 12.4 Å². The van der Waals surface area contributed by atoms with Crippen molar-refractivity contribution >= 4 is 11.7 Å². The maximum absolute atomic E-state index is 12.9. The molecule has 3 nitrogen and oxygen atoms in total. The molecule has 27 heavy (non-hydrogen) atoms. The molecule has 0 radical (unpaired) electrons. The topological polar surface area (TPSA) is 32.3 Å². The van der Waals surface area contributed by atoms with Gasteiger partial charge in [0.05, 0.1) is 0 Å². The Kier molecular flexibility index (Phi) is 6.20. The fourth-order valence-electron chi connectivity index (χ4n) is 4.22. The second-order valence-electron chi connectivity index (χ2n) is 8.15. The van der Waals surface area contributed by atoms with Crippen molar-refractivity contribution in [1.29, 1.82) is 0 Å². The normalized spacial score (nSPS) is 19.7. The van der Waals surface area contributed by atoms with Gasteiger partial charge in [0.1, 0.15) is 0 Å². The minimum atomic E-state index is 0.00867. The molecule has 1 aliphatic carbocycles. The number of benzene rings is 2. The molecule has 0 aliphatic heterocycles. The van der Waals surface area contributed by atoms with Gasteiger partial charge in [0, 0.05) is 18.8 Å². The van der Waals surface area contributed by atoms with Gasteiger partial charge in [-0.1, -0.05) is 62.4 Å². The van der Waals surface area contributed by atoms with Crippen molar-refractivity contribution in [3.05, 3.63) is 65.2 Å². The van der Waals surface area contributed by atoms with Crippen LogP contribution in [-0.4, -0.2) is 24.0 Å². The Morgan fingerprint density at radius 3 is 2.30 bits per heavy atom. The summed E-state index contributed by atoms with van der Waals surface area (Å²) in [5, 5.41) is 3.19. The fraction of sp³-hybridized carbons (Fsp3) is 0.458. The third-order valence-electron chi connectivity index (χ3n) is 5.99. The lowest BCUT2D eigenvalue weighted by Gasteiger charge is -2.35. The number of rotatable bonds is 4. The number of carbonyl (C=O) groups excluding carboxylic acids is 1. The molecule has 144 valence electrons. The number of hydrogen-bond acceptors (Lipinski definition) is 1. The van der Waals surface area contributed by atoms with Crippen LogP contribution < -0.4 is 5.32 Å². The predicted molar refractivity (Wildman–Crippen MR) is 113 cm³/mol. The molecule has 0 saturated heterocycles. The summed E-state index contributed by atoms with van der Waals surface area (Å²) in [6.07, 6.45) is 4.42. The predicted octanol–water partition coefficient (Wildman–Crippen LogP) is 6.31. The smallest absolute Gasteiger partial charge is 0.321 e. The lowest BCUT2D eigenvalue weighted by molar-refractivity contribution is 0.181. The van der Waals surface area contributed by atoms with E-state index in [1.54, 1.807) is 0 Å². The van der Waals surface area contributed by atoms with Crippen molar-refractivity contribution in [3.8, 4) is 0 Å². The second-order valence-corrected chi connectivity index (χ2v) is 8.15. The van der Waals surface area contributed by atoms with Gasteiger partial charge in [-0.25, -0.2) is 4.79 Å². The van der Waals surface area contributed by atoms with E-state index in [1.807, 2.05) is 11.9 Å². The molecule has 3 rings (SSSR count). The maximum atomic E-state index is 12.9. The lowest BCUT2D eigenvalue weighted by Crippen LogP contribution is -2.41. The molecule has 2 amide bonds. The average Bonchev–Trinajstić information content (AvgIpc) is 2.69. The van der Waals surface area contributed by atoms with Crippen molar-refractivity contribution in [1.82, 2.24) is 4.90 Å². The monoisotopic (exact) mass is 364 g/mol. The zero-order valence-corrected chi connectivity index (χ0v) is 17.0. The molecule has 1 saturated carbocycles. The average molecular weight is 365 g/mol. The Balaban J connectivity index is 1.62. The van der Waals surface area contributed by atoms with Crippen LogP contribution in [0.4, 0.5) is 10.5 Å². The number of carbonyl (C=O) groups is 1. The summed E-state index contributed by atoms with van der Waals surface area (Å²) in [4.78, 5) is 14.8. The highest BCUT2D eigenvalue weighted by Gasteiger charge is 2.27. The molecular formula is C24H32N2O. The van der Waals surface area contributed by atoms with E-state index in [1.165, 1.54) is 11.1 Å². The van der Waals surface area contributed by atoms with Gasteiger partial charge >= 0.3 is 6.03 Å². The van der Waals surface area contributed by atoms with Gasteiger partial charge in [-0.3, -0.25) is 0 Å². The van der Waals surface area contributed by atoms with Gasteiger partial charge in [0.2, 0.25) is 0 Å². The molecular weight excluding hydrogens is 332 g/mol. The summed E-state index contributed by atoms with van der Waals surface area (Å²) >= 11 is 0. The molecule has 0 unspecified atom stereocenters. The number of nitrogens with one attached hydrogen (secondary N) is 1. The van der Waals surface area contributed by atoms with Gasteiger partial charge < -0.3 is 10.2 Å². The van der Waals surface area contributed by atoms with Crippen LogP contribution in [0.1, 0.15) is 68.1 Å². The SMILES string of the molecule is Cc1cccc(C(C)C)c1NC(=O)N(C)C1CCC(c2ccccc2)CC1. The van der Waals surface area contributed by atoms with Gasteiger partial charge in [-0.2, -0.15) is 0 Å². The van der Waals surface area contributed by atoms with Crippen LogP contribution in [0.5, 0.6) is 0 Å². The van der Waals surface area contributed by atoms with E-state index in [4.69, 9.17) is 0 Å². The quantitative estimate of drug-likeness (QED) is 0.677. The van der Waals surface area contributed by atoms with Crippen LogP contribution in [0.2, 0.25) is 0 Å². The van der Waals surface area contributed by atoms with E-state index in [2.05, 4.69) is 74.6 Å². The maximum Gasteiger partial charge on any atom is 0.321 e. The Hall–Kier alpha value is -2.29. The first-order valence-electron chi connectivity index (χ1n) is 10.2. The molecule has 1 aliphatic rings. The van der Waals surface area contributed by atoms with Crippen LogP contribution in [0.25, 0.3) is 0 Å². The number of aryl methyl sites for hydroxylation is 1. The van der Waals surface area contributed by atoms with Crippen LogP contribution >= 0.6 is 0 Å². The summed E-state index contributed by atoms with van der Waals surface area (Å²) in [7, 11) is 1.94. The van der Waals surface area contributed by atoms with E-state index in [0.29, 0.717) is 17.9 Å². The van der Waals surface area contributed by atoms with Crippen LogP contribution in [0, 0.1) is 6.92 Å². The lowest BCUT2D eigenvalue weighted by atomic mass is 9.81. The summed E-state index contributed by atoms with van der Waals surface area (Å²) in [5.74, 6) is 1.01. The molecule has 1 fully saturated rings. The van der Waals surface area contributed by atoms with Gasteiger partial charge in [-0.05, 0) is 61.1 Å². The minimum Gasteiger partial charge on any atom is -0.325 e. The highest BCUT2D eigenvalue weighted by molar-refractivity contribution is 5.91. The van der Waals surface area contributed by atoms with Crippen LogP contribution in [-0.2, 0) is 0 Å². The van der Waals surface area contributed by atoms with Crippen LogP contribution in [0.15, 0.2) is 48.5 Å². The van der Waals surface area contributed by atoms with E-state index in [-0.39, 0.29) is 6.03 Å². The Bertz CT molecular complexity index is 761. The molecule has 1 N–H and O–H groups in total. The number of amides is 2. The van der Waals surface area contributed by atoms with Crippen LogP contribution in [0.3, 0.4) is 0 Å². The molecule has 0 bridgehead atoms. The third-order valence-corrected chi connectivity index (χ3v) is 5.99. The van der Waals surface area contributed by atoms with Crippen molar-refractivity contribution in [2.45, 2.75) is 64.3 Å². The summed E-state index contributed by atoms with van der Waals surface area (Å²) < 4.78 is 0. The van der Waals surface area contributed by atoms with E-state index in [9.17, 15) is 4.79 Å². The molecule has 3 heteroatoms. The summed E-state index contributed by atoms with van der Waals surface area (Å²) in [6.45, 7) is 6.39. The number of anilines is 1. The Morgan fingerprint density at radius 1 is 1.00 bits per heavy atom. The Morgan fingerprint density at radius 2 is 1.67 bits per heavy atom. The highest BCUT2D eigenvalue weighted by Crippen LogP contribution is 2.35. The van der Waals surface area contributed by atoms with E-state index < -0.39 is 0 Å². The van der Waals surface area contributed by atoms with Crippen molar-refractivity contribution in [3.63, 3.8) is 0 Å². The molecule has 2 aromatic rings. The highest BCUT2D eigenvalue weighted by atomic mass is 16.2. The first-order valence-corrected chi connectivity index (χ1v) is 10.2. The molecule has 2 aromatic carbocycles. The van der Waals surface area contributed by atoms with E-state index in [0.717, 1.165) is 36.9 Å². The third kappa shape index (κ3) is 4.52. The first-order chi connectivity index (χ1) is 13.0. The molecule has 0 atom stereocenters. The van der Waals surface area contributed by atoms with Gasteiger partial charge in [0.15, 0.2) is 0 Å². The van der Waals surface area contributed by atoms with E-state index >= 15 is 0 Å². The number of hydrogen-bond donors (Lipinski definition) is 1. The fourth-order valence-corrected chi connectivity index (χ4v) is 4.22. The number of urea groups is 1. The zero-order chi connectivity index (χ0) is 19.4. The first kappa shape index (κ1) is 19.5.